The molecule has 1 amide bonds. The third kappa shape index (κ3) is 5.70. The average Bonchev–Trinajstić information content (AvgIpc) is 2.67. The summed E-state index contributed by atoms with van der Waals surface area (Å²) in [5.41, 5.74) is 2.82. The summed E-state index contributed by atoms with van der Waals surface area (Å²) >= 11 is 23.5. The van der Waals surface area contributed by atoms with Crippen LogP contribution < -0.4 is 16.0 Å². The number of aromatic nitrogens is 1. The highest BCUT2D eigenvalue weighted by molar-refractivity contribution is 7.80. The van der Waals surface area contributed by atoms with Crippen LogP contribution in [0.3, 0.4) is 0 Å². The molecule has 0 saturated carbocycles. The molecule has 1 unspecified atom stereocenters. The van der Waals surface area contributed by atoms with Crippen LogP contribution in [0.1, 0.15) is 15.9 Å². The SMILES string of the molecule is Cc1cccc(C(=O)NC(NC(=S)Nc2cccc3cccnc23)C(Cl)(Cl)Cl)c1. The minimum atomic E-state index is -1.85. The molecule has 1 aromatic heterocycles. The van der Waals surface area contributed by atoms with Gasteiger partial charge < -0.3 is 16.0 Å². The van der Waals surface area contributed by atoms with Gasteiger partial charge in [0.05, 0.1) is 11.2 Å². The lowest BCUT2D eigenvalue weighted by Gasteiger charge is -2.28. The molecular weight excluding hydrogens is 451 g/mol. The van der Waals surface area contributed by atoms with E-state index in [0.717, 1.165) is 16.5 Å². The second-order valence-corrected chi connectivity index (χ2v) is 9.07. The van der Waals surface area contributed by atoms with Gasteiger partial charge in [-0.3, -0.25) is 9.78 Å². The molecule has 0 radical (unpaired) electrons. The topological polar surface area (TPSA) is 66.1 Å². The molecule has 1 heterocycles. The fourth-order valence-corrected chi connectivity index (χ4v) is 3.25. The molecule has 1 atom stereocenters. The Labute approximate surface area is 188 Å². The van der Waals surface area contributed by atoms with Gasteiger partial charge in [0, 0.05) is 17.1 Å². The van der Waals surface area contributed by atoms with Gasteiger partial charge in [0.25, 0.3) is 5.91 Å². The molecule has 0 bridgehead atoms. The van der Waals surface area contributed by atoms with Crippen molar-refractivity contribution >= 4 is 74.6 Å². The molecule has 3 rings (SSSR count). The second-order valence-electron chi connectivity index (χ2n) is 6.30. The lowest BCUT2D eigenvalue weighted by molar-refractivity contribution is 0.0934. The van der Waals surface area contributed by atoms with E-state index in [0.29, 0.717) is 11.3 Å². The Morgan fingerprint density at radius 3 is 2.52 bits per heavy atom. The Balaban J connectivity index is 1.74. The van der Waals surface area contributed by atoms with Gasteiger partial charge in [0.1, 0.15) is 6.17 Å². The Kier molecular flexibility index (Phi) is 6.80. The van der Waals surface area contributed by atoms with Gasteiger partial charge >= 0.3 is 0 Å². The highest BCUT2D eigenvalue weighted by Crippen LogP contribution is 2.29. The predicted molar refractivity (Wildman–Crippen MR) is 124 cm³/mol. The van der Waals surface area contributed by atoms with Crippen molar-refractivity contribution in [3.05, 3.63) is 71.9 Å². The number of nitrogens with zero attached hydrogens (tertiary/aromatic N) is 1. The van der Waals surface area contributed by atoms with Gasteiger partial charge in [0.2, 0.25) is 3.79 Å². The van der Waals surface area contributed by atoms with E-state index in [4.69, 9.17) is 47.0 Å². The Bertz CT molecular complexity index is 1050. The van der Waals surface area contributed by atoms with Crippen LogP contribution in [0.4, 0.5) is 5.69 Å². The summed E-state index contributed by atoms with van der Waals surface area (Å²) in [6.07, 6.45) is 0.624. The van der Waals surface area contributed by atoms with Gasteiger partial charge in [0.15, 0.2) is 5.11 Å². The smallest absolute Gasteiger partial charge is 0.252 e. The van der Waals surface area contributed by atoms with Crippen molar-refractivity contribution in [3.8, 4) is 0 Å². The number of aryl methyl sites for hydroxylation is 1. The van der Waals surface area contributed by atoms with Crippen LogP contribution in [0.5, 0.6) is 0 Å². The number of alkyl halides is 3. The Hall–Kier alpha value is -2.12. The largest absolute Gasteiger partial charge is 0.339 e. The molecule has 29 heavy (non-hydrogen) atoms. The number of para-hydroxylation sites is 1. The predicted octanol–water partition coefficient (Wildman–Crippen LogP) is 4.96. The number of thiocarbonyl (C=S) groups is 1. The van der Waals surface area contributed by atoms with Gasteiger partial charge in [-0.05, 0) is 43.4 Å². The molecule has 5 nitrogen and oxygen atoms in total. The summed E-state index contributed by atoms with van der Waals surface area (Å²) in [5, 5.41) is 9.68. The van der Waals surface area contributed by atoms with Crippen LogP contribution in [0.15, 0.2) is 60.8 Å². The number of amides is 1. The fraction of sp³-hybridized carbons (Fsp3) is 0.150. The first kappa shape index (κ1) is 21.6. The first-order valence-electron chi connectivity index (χ1n) is 8.59. The van der Waals surface area contributed by atoms with Crippen molar-refractivity contribution in [3.63, 3.8) is 0 Å². The number of pyridine rings is 1. The van der Waals surface area contributed by atoms with Crippen molar-refractivity contribution in [2.45, 2.75) is 16.9 Å². The molecule has 3 aromatic rings. The van der Waals surface area contributed by atoms with E-state index < -0.39 is 15.9 Å². The molecule has 0 fully saturated rings. The standard InChI is InChI=1S/C20H17Cl3N4OS/c1-12-5-2-7-14(11-12)17(28)26-18(20(21,22)23)27-19(29)25-15-9-3-6-13-8-4-10-24-16(13)15/h2-11,18H,1H3,(H,26,28)(H2,25,27,29). The number of rotatable bonds is 4. The minimum Gasteiger partial charge on any atom is -0.339 e. The Morgan fingerprint density at radius 2 is 1.79 bits per heavy atom. The molecule has 0 saturated heterocycles. The van der Waals surface area contributed by atoms with E-state index in [1.54, 1.807) is 24.4 Å². The van der Waals surface area contributed by atoms with E-state index in [9.17, 15) is 4.79 Å². The van der Waals surface area contributed by atoms with Gasteiger partial charge in [-0.15, -0.1) is 0 Å². The van der Waals surface area contributed by atoms with Crippen molar-refractivity contribution in [2.24, 2.45) is 0 Å². The molecule has 150 valence electrons. The maximum Gasteiger partial charge on any atom is 0.252 e. The van der Waals surface area contributed by atoms with Crippen molar-refractivity contribution < 1.29 is 4.79 Å². The molecule has 0 aliphatic heterocycles. The molecule has 0 spiro atoms. The van der Waals surface area contributed by atoms with Crippen LogP contribution in [-0.2, 0) is 0 Å². The third-order valence-electron chi connectivity index (χ3n) is 4.04. The third-order valence-corrected chi connectivity index (χ3v) is 4.91. The summed E-state index contributed by atoms with van der Waals surface area (Å²) in [5.74, 6) is -0.396. The average molecular weight is 468 g/mol. The van der Waals surface area contributed by atoms with Crippen molar-refractivity contribution in [1.29, 1.82) is 0 Å². The number of anilines is 1. The number of hydrogen-bond acceptors (Lipinski definition) is 3. The van der Waals surface area contributed by atoms with Crippen molar-refractivity contribution in [1.82, 2.24) is 15.6 Å². The molecular formula is C20H17Cl3N4OS. The summed E-state index contributed by atoms with van der Waals surface area (Å²) in [4.78, 5) is 16.9. The maximum atomic E-state index is 12.6. The first-order valence-corrected chi connectivity index (χ1v) is 10.1. The minimum absolute atomic E-state index is 0.170. The molecule has 0 aliphatic rings. The molecule has 0 aliphatic carbocycles. The van der Waals surface area contributed by atoms with E-state index >= 15 is 0 Å². The molecule has 2 aromatic carbocycles. The lowest BCUT2D eigenvalue weighted by atomic mass is 10.1. The first-order chi connectivity index (χ1) is 13.7. The zero-order chi connectivity index (χ0) is 21.0. The lowest BCUT2D eigenvalue weighted by Crippen LogP contribution is -2.56. The quantitative estimate of drug-likeness (QED) is 0.288. The van der Waals surface area contributed by atoms with Gasteiger partial charge in [-0.1, -0.05) is 70.7 Å². The highest BCUT2D eigenvalue weighted by atomic mass is 35.6. The van der Waals surface area contributed by atoms with Crippen LogP contribution in [0.25, 0.3) is 10.9 Å². The monoisotopic (exact) mass is 466 g/mol. The summed E-state index contributed by atoms with van der Waals surface area (Å²) in [6, 6.07) is 16.5. The number of benzene rings is 2. The normalized spacial score (nSPS) is 12.3. The number of carbonyl (C=O) groups is 1. The number of hydrogen-bond donors (Lipinski definition) is 3. The van der Waals surface area contributed by atoms with E-state index in [2.05, 4.69) is 20.9 Å². The van der Waals surface area contributed by atoms with Gasteiger partial charge in [-0.25, -0.2) is 0 Å². The zero-order valence-electron chi connectivity index (χ0n) is 15.2. The van der Waals surface area contributed by atoms with Crippen LogP contribution >= 0.6 is 47.0 Å². The zero-order valence-corrected chi connectivity index (χ0v) is 18.3. The second kappa shape index (κ2) is 9.13. The highest BCUT2D eigenvalue weighted by Gasteiger charge is 2.35. The number of fused-ring (bicyclic) bond motifs is 1. The van der Waals surface area contributed by atoms with Crippen LogP contribution in [0.2, 0.25) is 0 Å². The fourth-order valence-electron chi connectivity index (χ4n) is 2.70. The van der Waals surface area contributed by atoms with Gasteiger partial charge in [-0.2, -0.15) is 0 Å². The number of carbonyl (C=O) groups excluding carboxylic acids is 1. The Morgan fingerprint density at radius 1 is 1.07 bits per heavy atom. The van der Waals surface area contributed by atoms with Crippen LogP contribution in [-0.4, -0.2) is 26.0 Å². The van der Waals surface area contributed by atoms with E-state index in [1.165, 1.54) is 0 Å². The summed E-state index contributed by atoms with van der Waals surface area (Å²) < 4.78 is -1.85. The summed E-state index contributed by atoms with van der Waals surface area (Å²) in [7, 11) is 0. The van der Waals surface area contributed by atoms with Crippen LogP contribution in [0, 0.1) is 6.92 Å². The molecule has 9 heteroatoms. The van der Waals surface area contributed by atoms with E-state index in [-0.39, 0.29) is 5.11 Å². The number of halogens is 3. The van der Waals surface area contributed by atoms with E-state index in [1.807, 2.05) is 43.3 Å². The molecule has 3 N–H and O–H groups in total. The van der Waals surface area contributed by atoms with Crippen molar-refractivity contribution in [2.75, 3.05) is 5.32 Å². The maximum absolute atomic E-state index is 12.6. The summed E-state index contributed by atoms with van der Waals surface area (Å²) in [6.45, 7) is 1.89. The number of nitrogens with one attached hydrogen (secondary N) is 3.